The number of hydrogen-bond acceptors (Lipinski definition) is 2. The Labute approximate surface area is 73.4 Å². The molecule has 12 heavy (non-hydrogen) atoms. The van der Waals surface area contributed by atoms with Crippen LogP contribution in [0.25, 0.3) is 0 Å². The van der Waals surface area contributed by atoms with Crippen molar-refractivity contribution >= 4 is 5.71 Å². The molecule has 0 radical (unpaired) electrons. The minimum Gasteiger partial charge on any atom is -0.400 e. The highest BCUT2D eigenvalue weighted by Gasteiger charge is 1.91. The number of benzene rings is 1. The minimum absolute atomic E-state index is 0.625. The van der Waals surface area contributed by atoms with Gasteiger partial charge >= 0.3 is 0 Å². The van der Waals surface area contributed by atoms with Gasteiger partial charge < -0.3 is 10.5 Å². The van der Waals surface area contributed by atoms with Crippen molar-refractivity contribution in [3.8, 4) is 0 Å². The molecular weight excluding hydrogens is 150 g/mol. The van der Waals surface area contributed by atoms with Gasteiger partial charge in [0, 0.05) is 12.8 Å². The van der Waals surface area contributed by atoms with Crippen LogP contribution in [0, 0.1) is 12.3 Å². The molecule has 1 aromatic rings. The lowest BCUT2D eigenvalue weighted by Gasteiger charge is -1.96. The maximum absolute atomic E-state index is 7.31. The van der Waals surface area contributed by atoms with Crippen molar-refractivity contribution < 1.29 is 5.11 Å². The van der Waals surface area contributed by atoms with Gasteiger partial charge in [0.15, 0.2) is 0 Å². The van der Waals surface area contributed by atoms with Gasteiger partial charge in [-0.1, -0.05) is 29.8 Å². The lowest BCUT2D eigenvalue weighted by Crippen LogP contribution is -1.90. The molecule has 0 fully saturated rings. The molecule has 1 aromatic carbocycles. The lowest BCUT2D eigenvalue weighted by molar-refractivity contribution is 0.399. The molecule has 2 heteroatoms. The molecule has 0 aliphatic rings. The summed E-state index contributed by atoms with van der Waals surface area (Å²) in [6, 6.07) is 7.98. The summed E-state index contributed by atoms with van der Waals surface area (Å²) in [6.45, 7) is 3.84. The molecule has 0 saturated carbocycles. The number of aliphatic hydroxyl groups is 1. The summed E-state index contributed by atoms with van der Waals surface area (Å²) in [5.41, 5.74) is 2.87. The second-order valence-corrected chi connectivity index (χ2v) is 2.49. The van der Waals surface area contributed by atoms with Gasteiger partial charge in [0.25, 0.3) is 0 Å². The van der Waals surface area contributed by atoms with E-state index in [1.807, 2.05) is 31.2 Å². The average Bonchev–Trinajstić information content (AvgIpc) is 2.09. The van der Waals surface area contributed by atoms with Crippen LogP contribution < -0.4 is 0 Å². The van der Waals surface area contributed by atoms with Crippen LogP contribution in [0.4, 0.5) is 0 Å². The van der Waals surface area contributed by atoms with Crippen molar-refractivity contribution in [3.63, 3.8) is 0 Å². The van der Waals surface area contributed by atoms with Crippen LogP contribution in [0.5, 0.6) is 0 Å². The van der Waals surface area contributed by atoms with Crippen molar-refractivity contribution in [2.24, 2.45) is 0 Å². The van der Waals surface area contributed by atoms with Crippen molar-refractivity contribution in [2.75, 3.05) is 7.11 Å². The fraction of sp³-hybridized carbons (Fsp3) is 0.300. The number of aliphatic hydroxyl groups excluding tert-OH is 1. The molecule has 2 nitrogen and oxygen atoms in total. The Morgan fingerprint density at radius 1 is 1.17 bits per heavy atom. The van der Waals surface area contributed by atoms with E-state index in [1.165, 1.54) is 5.56 Å². The van der Waals surface area contributed by atoms with Gasteiger partial charge in [-0.2, -0.15) is 0 Å². The maximum atomic E-state index is 7.31. The lowest BCUT2D eigenvalue weighted by atomic mass is 10.1. The van der Waals surface area contributed by atoms with Crippen LogP contribution in [-0.2, 0) is 0 Å². The van der Waals surface area contributed by atoms with E-state index in [2.05, 4.69) is 0 Å². The summed E-state index contributed by atoms with van der Waals surface area (Å²) >= 11 is 0. The summed E-state index contributed by atoms with van der Waals surface area (Å²) in [5.74, 6) is 0. The first kappa shape index (κ1) is 10.8. The van der Waals surface area contributed by atoms with Gasteiger partial charge in [-0.25, -0.2) is 0 Å². The van der Waals surface area contributed by atoms with Gasteiger partial charge in [-0.3, -0.25) is 0 Å². The van der Waals surface area contributed by atoms with Crippen LogP contribution in [0.1, 0.15) is 18.1 Å². The van der Waals surface area contributed by atoms with Crippen LogP contribution in [-0.4, -0.2) is 17.9 Å². The van der Waals surface area contributed by atoms with Crippen LogP contribution in [0.2, 0.25) is 0 Å². The van der Waals surface area contributed by atoms with Crippen LogP contribution >= 0.6 is 0 Å². The quantitative estimate of drug-likeness (QED) is 0.614. The molecule has 0 heterocycles. The molecule has 1 rings (SSSR count). The van der Waals surface area contributed by atoms with E-state index in [9.17, 15) is 0 Å². The molecular formula is C10H15NO. The van der Waals surface area contributed by atoms with Crippen LogP contribution in [0.3, 0.4) is 0 Å². The first-order valence-corrected chi connectivity index (χ1v) is 3.77. The summed E-state index contributed by atoms with van der Waals surface area (Å²) in [6.07, 6.45) is 0. The van der Waals surface area contributed by atoms with Crippen molar-refractivity contribution in [2.45, 2.75) is 13.8 Å². The normalized spacial score (nSPS) is 8.33. The maximum Gasteiger partial charge on any atom is 0.0355 e. The number of aryl methyl sites for hydroxylation is 1. The molecule has 66 valence electrons. The van der Waals surface area contributed by atoms with Gasteiger partial charge in [0.05, 0.1) is 0 Å². The van der Waals surface area contributed by atoms with Crippen molar-refractivity contribution in [3.05, 3.63) is 35.4 Å². The molecule has 0 aliphatic carbocycles. The molecule has 0 unspecified atom stereocenters. The predicted octanol–water partition coefficient (Wildman–Crippen LogP) is 1.99. The standard InChI is InChI=1S/C9H11N.CH4O/c1-7-3-5-9(6-4-7)8(2)10;1-2/h3-6,10H,1-2H3;2H,1H3. The van der Waals surface area contributed by atoms with E-state index in [0.29, 0.717) is 5.71 Å². The molecule has 0 aromatic heterocycles. The number of hydrogen-bond donors (Lipinski definition) is 2. The fourth-order valence-corrected chi connectivity index (χ4v) is 0.804. The number of nitrogens with one attached hydrogen (secondary N) is 1. The Kier molecular flexibility index (Phi) is 4.97. The zero-order chi connectivity index (χ0) is 9.56. The SMILES string of the molecule is CC(=N)c1ccc(C)cc1.CO. The molecule has 0 spiro atoms. The van der Waals surface area contributed by atoms with E-state index >= 15 is 0 Å². The van der Waals surface area contributed by atoms with E-state index in [-0.39, 0.29) is 0 Å². The number of rotatable bonds is 1. The summed E-state index contributed by atoms with van der Waals surface area (Å²) < 4.78 is 0. The third kappa shape index (κ3) is 3.30. The molecule has 0 saturated heterocycles. The Balaban J connectivity index is 0.000000561. The van der Waals surface area contributed by atoms with Gasteiger partial charge in [-0.15, -0.1) is 0 Å². The molecule has 0 atom stereocenters. The van der Waals surface area contributed by atoms with Gasteiger partial charge in [-0.05, 0) is 19.4 Å². The van der Waals surface area contributed by atoms with E-state index in [4.69, 9.17) is 10.5 Å². The second kappa shape index (κ2) is 5.49. The molecule has 0 bridgehead atoms. The Hall–Kier alpha value is -1.15. The van der Waals surface area contributed by atoms with E-state index in [1.54, 1.807) is 6.92 Å². The summed E-state index contributed by atoms with van der Waals surface area (Å²) in [4.78, 5) is 0. The topological polar surface area (TPSA) is 44.1 Å². The zero-order valence-corrected chi connectivity index (χ0v) is 7.76. The predicted molar refractivity (Wildman–Crippen MR) is 51.8 cm³/mol. The van der Waals surface area contributed by atoms with Gasteiger partial charge in [0.2, 0.25) is 0 Å². The molecule has 0 aliphatic heterocycles. The van der Waals surface area contributed by atoms with E-state index < -0.39 is 0 Å². The Bertz CT molecular complexity index is 239. The van der Waals surface area contributed by atoms with Crippen LogP contribution in [0.15, 0.2) is 24.3 Å². The molecule has 0 amide bonds. The smallest absolute Gasteiger partial charge is 0.0355 e. The van der Waals surface area contributed by atoms with E-state index in [0.717, 1.165) is 12.7 Å². The molecule has 2 N–H and O–H groups in total. The minimum atomic E-state index is 0.625. The van der Waals surface area contributed by atoms with Crippen molar-refractivity contribution in [1.82, 2.24) is 0 Å². The first-order valence-electron chi connectivity index (χ1n) is 3.77. The highest BCUT2D eigenvalue weighted by Crippen LogP contribution is 2.02. The second-order valence-electron chi connectivity index (χ2n) is 2.49. The summed E-state index contributed by atoms with van der Waals surface area (Å²) in [7, 11) is 1.00. The highest BCUT2D eigenvalue weighted by atomic mass is 16.2. The fourth-order valence-electron chi connectivity index (χ4n) is 0.804. The third-order valence-electron chi connectivity index (χ3n) is 1.48. The highest BCUT2D eigenvalue weighted by molar-refractivity contribution is 5.96. The van der Waals surface area contributed by atoms with Crippen molar-refractivity contribution in [1.29, 1.82) is 5.41 Å². The average molecular weight is 165 g/mol. The summed E-state index contributed by atoms with van der Waals surface area (Å²) in [5, 5.41) is 14.3. The monoisotopic (exact) mass is 165 g/mol. The Morgan fingerprint density at radius 3 is 1.92 bits per heavy atom. The third-order valence-corrected chi connectivity index (χ3v) is 1.48. The first-order chi connectivity index (χ1) is 5.70. The largest absolute Gasteiger partial charge is 0.400 e. The zero-order valence-electron chi connectivity index (χ0n) is 7.76. The van der Waals surface area contributed by atoms with Gasteiger partial charge in [0.1, 0.15) is 0 Å². The Morgan fingerprint density at radius 2 is 1.58 bits per heavy atom.